The Bertz CT molecular complexity index is 1010. The monoisotopic (exact) mass is 652 g/mol. The van der Waals surface area contributed by atoms with Crippen LogP contribution in [0.3, 0.4) is 0 Å². The number of ether oxygens (including phenoxy) is 2. The van der Waals surface area contributed by atoms with Crippen molar-refractivity contribution in [3.8, 4) is 0 Å². The number of rotatable bonds is 27. The van der Waals surface area contributed by atoms with Crippen LogP contribution in [0.1, 0.15) is 84.5 Å². The van der Waals surface area contributed by atoms with Gasteiger partial charge >= 0.3 is 19.8 Å². The predicted octanol–water partition coefficient (Wildman–Crippen LogP) is 7.95. The van der Waals surface area contributed by atoms with Gasteiger partial charge in [-0.15, -0.1) is 0 Å². The third-order valence-corrected chi connectivity index (χ3v) is 7.00. The number of phosphoric ester groups is 1. The number of allylic oxidation sites excluding steroid dienone is 12. The van der Waals surface area contributed by atoms with E-state index in [9.17, 15) is 19.0 Å². The first kappa shape index (κ1) is 42.5. The lowest BCUT2D eigenvalue weighted by atomic mass is 10.2. The number of hydrogen-bond acceptors (Lipinski definition) is 7. The van der Waals surface area contributed by atoms with Crippen molar-refractivity contribution >= 4 is 19.8 Å². The molecular formula is C35H59NO8P+. The van der Waals surface area contributed by atoms with Crippen LogP contribution in [0.5, 0.6) is 0 Å². The van der Waals surface area contributed by atoms with E-state index in [2.05, 4.69) is 67.7 Å². The van der Waals surface area contributed by atoms with E-state index in [1.807, 2.05) is 40.2 Å². The van der Waals surface area contributed by atoms with Crippen molar-refractivity contribution in [2.24, 2.45) is 0 Å². The maximum Gasteiger partial charge on any atom is 0.472 e. The summed E-state index contributed by atoms with van der Waals surface area (Å²) >= 11 is 0. The number of unbranched alkanes of at least 4 members (excludes halogenated alkanes) is 1. The van der Waals surface area contributed by atoms with Crippen molar-refractivity contribution in [1.29, 1.82) is 0 Å². The Labute approximate surface area is 272 Å². The number of carbonyl (C=O) groups is 2. The van der Waals surface area contributed by atoms with Gasteiger partial charge in [0.15, 0.2) is 6.10 Å². The van der Waals surface area contributed by atoms with Crippen LogP contribution < -0.4 is 0 Å². The summed E-state index contributed by atoms with van der Waals surface area (Å²) in [6.45, 7) is 3.89. The average Bonchev–Trinajstić information content (AvgIpc) is 2.97. The molecule has 0 aliphatic carbocycles. The SMILES string of the molecule is CC/C=C\C/C=C\C/C=C\C/C=C\C/C=C\C/C=C\CCC(=O)OC(COC(=O)CCCC)COP(=O)(O)OCC[N+](C)(C)C. The number of nitrogens with zero attached hydrogens (tertiary/aromatic N) is 1. The van der Waals surface area contributed by atoms with Gasteiger partial charge in [-0.3, -0.25) is 18.6 Å². The highest BCUT2D eigenvalue weighted by molar-refractivity contribution is 7.47. The zero-order chi connectivity index (χ0) is 33.7. The first-order valence-corrected chi connectivity index (χ1v) is 17.7. The lowest BCUT2D eigenvalue weighted by Crippen LogP contribution is -2.37. The summed E-state index contributed by atoms with van der Waals surface area (Å²) < 4.78 is 33.5. The maximum atomic E-state index is 12.4. The molecule has 0 saturated heterocycles. The molecule has 0 radical (unpaired) electrons. The second-order valence-electron chi connectivity index (χ2n) is 11.5. The highest BCUT2D eigenvalue weighted by Gasteiger charge is 2.26. The molecule has 0 bridgehead atoms. The minimum absolute atomic E-state index is 0.0136. The minimum Gasteiger partial charge on any atom is -0.462 e. The van der Waals surface area contributed by atoms with Gasteiger partial charge in [-0.25, -0.2) is 4.57 Å². The minimum atomic E-state index is -4.37. The maximum absolute atomic E-state index is 12.4. The molecule has 0 aromatic carbocycles. The molecule has 0 rings (SSSR count). The second-order valence-corrected chi connectivity index (χ2v) is 12.9. The zero-order valence-electron chi connectivity index (χ0n) is 28.3. The average molecular weight is 653 g/mol. The fourth-order valence-electron chi connectivity index (χ4n) is 3.43. The Morgan fingerprint density at radius 2 is 1.22 bits per heavy atom. The summed E-state index contributed by atoms with van der Waals surface area (Å²) in [5.74, 6) is -0.950. The summed E-state index contributed by atoms with van der Waals surface area (Å²) in [7, 11) is 1.41. The van der Waals surface area contributed by atoms with E-state index in [0.717, 1.165) is 44.9 Å². The standard InChI is InChI=1S/C35H58NO8P/c1-6-8-10-11-12-13-14-15-16-17-18-19-20-21-22-23-24-25-26-28-35(38)44-33(31-41-34(37)27-9-7-2)32-43-45(39,40)42-30-29-36(3,4)5/h8,10,12-13,15-16,18-19,21-22,24-25,33H,6-7,9,11,14,17,20,23,26-32H2,1-5H3/p+1/b10-8-,13-12-,16-15-,19-18-,22-21-,25-24-. The van der Waals surface area contributed by atoms with Crippen molar-refractivity contribution < 1.29 is 42.1 Å². The second kappa shape index (κ2) is 27.7. The lowest BCUT2D eigenvalue weighted by Gasteiger charge is -2.24. The van der Waals surface area contributed by atoms with E-state index in [1.54, 1.807) is 0 Å². The molecule has 0 saturated carbocycles. The third kappa shape index (κ3) is 31.2. The van der Waals surface area contributed by atoms with Crippen molar-refractivity contribution in [2.45, 2.75) is 90.6 Å². The number of quaternary nitrogens is 1. The third-order valence-electron chi connectivity index (χ3n) is 6.01. The molecular weight excluding hydrogens is 593 g/mol. The molecule has 0 aliphatic heterocycles. The van der Waals surface area contributed by atoms with Crippen molar-refractivity contribution in [3.63, 3.8) is 0 Å². The molecule has 256 valence electrons. The van der Waals surface area contributed by atoms with Gasteiger partial charge in [0.2, 0.25) is 0 Å². The summed E-state index contributed by atoms with van der Waals surface area (Å²) in [6.07, 6.45) is 32.3. The fraction of sp³-hybridized carbons (Fsp3) is 0.600. The number of hydrogen-bond donors (Lipinski definition) is 1. The van der Waals surface area contributed by atoms with Gasteiger partial charge in [-0.2, -0.15) is 0 Å². The van der Waals surface area contributed by atoms with Gasteiger partial charge in [0.05, 0.1) is 27.7 Å². The van der Waals surface area contributed by atoms with Crippen LogP contribution in [0.25, 0.3) is 0 Å². The predicted molar refractivity (Wildman–Crippen MR) is 182 cm³/mol. The van der Waals surface area contributed by atoms with Gasteiger partial charge in [0.25, 0.3) is 0 Å². The van der Waals surface area contributed by atoms with Gasteiger partial charge < -0.3 is 18.9 Å². The molecule has 0 aromatic heterocycles. The number of likely N-dealkylation sites (N-methyl/N-ethyl adjacent to an activating group) is 1. The van der Waals surface area contributed by atoms with Crippen LogP contribution in [0.2, 0.25) is 0 Å². The van der Waals surface area contributed by atoms with Gasteiger partial charge in [-0.05, 0) is 51.4 Å². The summed E-state index contributed by atoms with van der Waals surface area (Å²) in [5, 5.41) is 0. The van der Waals surface area contributed by atoms with E-state index in [-0.39, 0.29) is 26.1 Å². The van der Waals surface area contributed by atoms with E-state index < -0.39 is 32.5 Å². The molecule has 0 spiro atoms. The Morgan fingerprint density at radius 1 is 0.711 bits per heavy atom. The zero-order valence-corrected chi connectivity index (χ0v) is 29.2. The Morgan fingerprint density at radius 3 is 1.71 bits per heavy atom. The first-order valence-electron chi connectivity index (χ1n) is 16.2. The summed E-state index contributed by atoms with van der Waals surface area (Å²) in [5.41, 5.74) is 0. The molecule has 45 heavy (non-hydrogen) atoms. The van der Waals surface area contributed by atoms with E-state index in [1.165, 1.54) is 0 Å². The fourth-order valence-corrected chi connectivity index (χ4v) is 4.17. The van der Waals surface area contributed by atoms with Gasteiger partial charge in [0, 0.05) is 12.8 Å². The highest BCUT2D eigenvalue weighted by Crippen LogP contribution is 2.43. The highest BCUT2D eigenvalue weighted by atomic mass is 31.2. The lowest BCUT2D eigenvalue weighted by molar-refractivity contribution is -0.870. The Kier molecular flexibility index (Phi) is 26.2. The smallest absolute Gasteiger partial charge is 0.462 e. The molecule has 0 amide bonds. The van der Waals surface area contributed by atoms with E-state index in [0.29, 0.717) is 23.9 Å². The normalized spacial score (nSPS) is 14.9. The first-order chi connectivity index (χ1) is 21.5. The van der Waals surface area contributed by atoms with Crippen LogP contribution in [0.15, 0.2) is 72.9 Å². The molecule has 9 nitrogen and oxygen atoms in total. The molecule has 1 N–H and O–H groups in total. The Hall–Kier alpha value is -2.55. The number of esters is 2. The number of carbonyl (C=O) groups excluding carboxylic acids is 2. The van der Waals surface area contributed by atoms with E-state index in [4.69, 9.17) is 18.5 Å². The topological polar surface area (TPSA) is 108 Å². The largest absolute Gasteiger partial charge is 0.472 e. The molecule has 10 heteroatoms. The molecule has 0 aromatic rings. The van der Waals surface area contributed by atoms with Crippen LogP contribution in [0.4, 0.5) is 0 Å². The van der Waals surface area contributed by atoms with Crippen LogP contribution in [-0.4, -0.2) is 74.9 Å². The van der Waals surface area contributed by atoms with Crippen LogP contribution in [0, 0.1) is 0 Å². The molecule has 0 heterocycles. The van der Waals surface area contributed by atoms with Gasteiger partial charge in [0.1, 0.15) is 19.8 Å². The van der Waals surface area contributed by atoms with Gasteiger partial charge in [-0.1, -0.05) is 93.2 Å². The molecule has 0 fully saturated rings. The van der Waals surface area contributed by atoms with Crippen LogP contribution in [-0.2, 0) is 32.7 Å². The van der Waals surface area contributed by atoms with Crippen molar-refractivity contribution in [1.82, 2.24) is 0 Å². The molecule has 0 aliphatic rings. The van der Waals surface area contributed by atoms with Crippen molar-refractivity contribution in [2.75, 3.05) is 47.5 Å². The Balaban J connectivity index is 4.42. The van der Waals surface area contributed by atoms with E-state index >= 15 is 0 Å². The molecule has 2 atom stereocenters. The summed E-state index contributed by atoms with van der Waals surface area (Å²) in [4.78, 5) is 34.3. The quantitative estimate of drug-likeness (QED) is 0.0412. The van der Waals surface area contributed by atoms with Crippen molar-refractivity contribution in [3.05, 3.63) is 72.9 Å². The molecule has 2 unspecified atom stereocenters. The van der Waals surface area contributed by atoms with Crippen LogP contribution >= 0.6 is 7.82 Å². The summed E-state index contributed by atoms with van der Waals surface area (Å²) in [6, 6.07) is 0. The number of phosphoric acid groups is 1.